The zero-order valence-electron chi connectivity index (χ0n) is 26.9. The maximum atomic E-state index is 12.3. The third-order valence-electron chi connectivity index (χ3n) is 6.27. The second kappa shape index (κ2) is 16.4. The van der Waals surface area contributed by atoms with Gasteiger partial charge in [0.15, 0.2) is 0 Å². The quantitative estimate of drug-likeness (QED) is 0.169. The predicted octanol–water partition coefficient (Wildman–Crippen LogP) is 2.99. The molecule has 0 aromatic heterocycles. The Morgan fingerprint density at radius 1 is 0.767 bits per heavy atom. The SMILES string of the molecule is CCCCCCS(=O)(=O)O[C@H]1C[C@@H](C(=O)OC)N(C(=O)OC(C)(C)C)C1.COC(=O)[C@@H]1C[C@@H](O)CN1C(=O)OC(C)(C)C. The van der Waals surface area contributed by atoms with Gasteiger partial charge in [0, 0.05) is 12.8 Å². The standard InChI is InChI=1S/C17H31NO7S.C11H19NO5/c1-6-7-8-9-10-26(21,22)25-13-11-14(15(19)23-5)18(12-13)16(20)24-17(2,3)4;1-11(2,3)17-10(15)12-6-7(13)5-8(12)9(14)16-4/h13-14H,6-12H2,1-5H3;7-8,13H,5-6H2,1-4H3/t13-,14-;7-,8+/m01/s1. The van der Waals surface area contributed by atoms with Crippen molar-refractivity contribution >= 4 is 34.2 Å². The molecule has 2 aliphatic heterocycles. The first-order valence-corrected chi connectivity index (χ1v) is 16.0. The molecule has 0 radical (unpaired) electrons. The van der Waals surface area contributed by atoms with Gasteiger partial charge in [-0.1, -0.05) is 26.2 Å². The van der Waals surface area contributed by atoms with Gasteiger partial charge in [-0.05, 0) is 48.0 Å². The first-order valence-electron chi connectivity index (χ1n) is 14.5. The van der Waals surface area contributed by atoms with Crippen LogP contribution in [0.5, 0.6) is 0 Å². The summed E-state index contributed by atoms with van der Waals surface area (Å²) in [5, 5.41) is 9.50. The van der Waals surface area contributed by atoms with E-state index in [2.05, 4.69) is 4.74 Å². The number of amides is 2. The molecular weight excluding hydrogens is 588 g/mol. The van der Waals surface area contributed by atoms with Crippen LogP contribution >= 0.6 is 0 Å². The maximum Gasteiger partial charge on any atom is 0.411 e. The number of ether oxygens (including phenoxy) is 4. The molecule has 43 heavy (non-hydrogen) atoms. The first kappa shape index (κ1) is 38.4. The molecule has 2 rings (SSSR count). The topological polar surface area (TPSA) is 175 Å². The number of aliphatic hydroxyl groups is 1. The van der Waals surface area contributed by atoms with Gasteiger partial charge >= 0.3 is 24.1 Å². The van der Waals surface area contributed by atoms with Crippen LogP contribution in [0, 0.1) is 0 Å². The highest BCUT2D eigenvalue weighted by Crippen LogP contribution is 2.26. The summed E-state index contributed by atoms with van der Waals surface area (Å²) >= 11 is 0. The van der Waals surface area contributed by atoms with Crippen LogP contribution in [0.2, 0.25) is 0 Å². The molecule has 4 atom stereocenters. The van der Waals surface area contributed by atoms with Crippen LogP contribution in [0.15, 0.2) is 0 Å². The molecule has 2 amide bonds. The smallest absolute Gasteiger partial charge is 0.411 e. The van der Waals surface area contributed by atoms with Crippen molar-refractivity contribution in [2.24, 2.45) is 0 Å². The van der Waals surface area contributed by atoms with E-state index in [1.807, 2.05) is 6.92 Å². The highest BCUT2D eigenvalue weighted by molar-refractivity contribution is 7.86. The summed E-state index contributed by atoms with van der Waals surface area (Å²) in [7, 11) is -1.25. The lowest BCUT2D eigenvalue weighted by molar-refractivity contribution is -0.146. The van der Waals surface area contributed by atoms with E-state index in [1.165, 1.54) is 24.0 Å². The number of β-amino-alcohol motifs (C(OH)–C–C–N with tert-alkyl or cyclic N) is 1. The third-order valence-corrected chi connectivity index (χ3v) is 7.63. The molecule has 0 saturated carbocycles. The number of carbonyl (C=O) groups excluding carboxylic acids is 4. The number of hydrogen-bond acceptors (Lipinski definition) is 12. The van der Waals surface area contributed by atoms with Crippen LogP contribution in [0.1, 0.15) is 87.0 Å². The van der Waals surface area contributed by atoms with Crippen LogP contribution in [0.3, 0.4) is 0 Å². The van der Waals surface area contributed by atoms with Crippen molar-refractivity contribution in [1.82, 2.24) is 9.80 Å². The zero-order valence-corrected chi connectivity index (χ0v) is 27.7. The van der Waals surface area contributed by atoms with Gasteiger partial charge in [-0.15, -0.1) is 0 Å². The fraction of sp³-hybridized carbons (Fsp3) is 0.857. The minimum Gasteiger partial charge on any atom is -0.467 e. The number of unbranched alkanes of at least 4 members (excludes halogenated alkanes) is 3. The number of aliphatic hydroxyl groups excluding tert-OH is 1. The lowest BCUT2D eigenvalue weighted by Crippen LogP contribution is -2.44. The van der Waals surface area contributed by atoms with Gasteiger partial charge < -0.3 is 24.1 Å². The van der Waals surface area contributed by atoms with E-state index in [0.717, 1.165) is 19.3 Å². The zero-order chi connectivity index (χ0) is 33.2. The summed E-state index contributed by atoms with van der Waals surface area (Å²) in [6.07, 6.45) is 0.757. The third kappa shape index (κ3) is 13.7. The minimum absolute atomic E-state index is 0.0388. The summed E-state index contributed by atoms with van der Waals surface area (Å²) in [4.78, 5) is 50.0. The molecule has 2 aliphatic rings. The minimum atomic E-state index is -3.72. The maximum absolute atomic E-state index is 12.3. The van der Waals surface area contributed by atoms with E-state index in [0.29, 0.717) is 6.42 Å². The van der Waals surface area contributed by atoms with Gasteiger partial charge in [-0.2, -0.15) is 8.42 Å². The number of esters is 2. The number of hydrogen-bond donors (Lipinski definition) is 1. The molecule has 0 aliphatic carbocycles. The van der Waals surface area contributed by atoms with Gasteiger partial charge in [-0.25, -0.2) is 19.2 Å². The van der Waals surface area contributed by atoms with Crippen LogP contribution < -0.4 is 0 Å². The molecule has 2 fully saturated rings. The molecule has 1 N–H and O–H groups in total. The van der Waals surface area contributed by atoms with E-state index < -0.39 is 69.7 Å². The lowest BCUT2D eigenvalue weighted by atomic mass is 10.2. The Kier molecular flexibility index (Phi) is 14.7. The fourth-order valence-corrected chi connectivity index (χ4v) is 5.61. The number of carbonyl (C=O) groups is 4. The van der Waals surface area contributed by atoms with E-state index in [-0.39, 0.29) is 31.7 Å². The molecule has 0 aromatic carbocycles. The summed E-state index contributed by atoms with van der Waals surface area (Å²) < 4.78 is 49.3. The summed E-state index contributed by atoms with van der Waals surface area (Å²) in [5.74, 6) is -1.23. The molecular formula is C28H50N2O12S. The average molecular weight is 639 g/mol. The van der Waals surface area contributed by atoms with Crippen LogP contribution in [-0.2, 0) is 42.8 Å². The Labute approximate surface area is 255 Å². The van der Waals surface area contributed by atoms with Crippen LogP contribution in [0.25, 0.3) is 0 Å². The predicted molar refractivity (Wildman–Crippen MR) is 156 cm³/mol. The first-order chi connectivity index (χ1) is 19.7. The molecule has 250 valence electrons. The molecule has 15 heteroatoms. The van der Waals surface area contributed by atoms with Crippen molar-refractivity contribution in [1.29, 1.82) is 0 Å². The monoisotopic (exact) mass is 638 g/mol. The van der Waals surface area contributed by atoms with E-state index in [4.69, 9.17) is 18.4 Å². The number of rotatable bonds is 9. The van der Waals surface area contributed by atoms with E-state index in [9.17, 15) is 32.7 Å². The molecule has 0 unspecified atom stereocenters. The van der Waals surface area contributed by atoms with Crippen molar-refractivity contribution in [3.8, 4) is 0 Å². The van der Waals surface area contributed by atoms with Crippen molar-refractivity contribution in [3.05, 3.63) is 0 Å². The number of methoxy groups -OCH3 is 2. The molecule has 2 heterocycles. The van der Waals surface area contributed by atoms with E-state index in [1.54, 1.807) is 41.5 Å². The highest BCUT2D eigenvalue weighted by atomic mass is 32.2. The van der Waals surface area contributed by atoms with Crippen molar-refractivity contribution in [3.63, 3.8) is 0 Å². The van der Waals surface area contributed by atoms with Crippen molar-refractivity contribution in [2.75, 3.05) is 33.1 Å². The summed E-state index contributed by atoms with van der Waals surface area (Å²) in [6, 6.07) is -1.68. The van der Waals surface area contributed by atoms with Gasteiger partial charge in [0.2, 0.25) is 0 Å². The van der Waals surface area contributed by atoms with Gasteiger partial charge in [-0.3, -0.25) is 14.0 Å². The van der Waals surface area contributed by atoms with Gasteiger partial charge in [0.1, 0.15) is 23.3 Å². The molecule has 14 nitrogen and oxygen atoms in total. The van der Waals surface area contributed by atoms with Crippen molar-refractivity contribution < 1.29 is 55.8 Å². The van der Waals surface area contributed by atoms with E-state index >= 15 is 0 Å². The molecule has 2 saturated heterocycles. The Morgan fingerprint density at radius 2 is 1.23 bits per heavy atom. The van der Waals surface area contributed by atoms with Gasteiger partial charge in [0.05, 0.1) is 45.3 Å². The second-order valence-corrected chi connectivity index (χ2v) is 14.2. The van der Waals surface area contributed by atoms with Crippen LogP contribution in [-0.4, -0.2) is 116 Å². The second-order valence-electron chi connectivity index (χ2n) is 12.5. The Bertz CT molecular complexity index is 1050. The summed E-state index contributed by atoms with van der Waals surface area (Å²) in [6.45, 7) is 12.5. The molecule has 0 spiro atoms. The van der Waals surface area contributed by atoms with Crippen molar-refractivity contribution in [2.45, 2.75) is 122 Å². The number of likely N-dealkylation sites (tertiary alicyclic amines) is 2. The van der Waals surface area contributed by atoms with Gasteiger partial charge in [0.25, 0.3) is 10.1 Å². The normalized spacial score (nSPS) is 22.4. The Balaban J connectivity index is 0.000000469. The Morgan fingerprint density at radius 3 is 1.67 bits per heavy atom. The largest absolute Gasteiger partial charge is 0.467 e. The molecule has 0 bridgehead atoms. The van der Waals surface area contributed by atoms with Crippen LogP contribution in [0.4, 0.5) is 9.59 Å². The summed E-state index contributed by atoms with van der Waals surface area (Å²) in [5.41, 5.74) is -1.37. The fourth-order valence-electron chi connectivity index (χ4n) is 4.41. The number of nitrogens with zero attached hydrogens (tertiary/aromatic N) is 2. The highest BCUT2D eigenvalue weighted by Gasteiger charge is 2.44. The lowest BCUT2D eigenvalue weighted by Gasteiger charge is -2.27. The molecule has 0 aromatic rings. The Hall–Kier alpha value is -2.65. The average Bonchev–Trinajstić information content (AvgIpc) is 3.47.